The molecule has 3 rings (SSSR count). The van der Waals surface area contributed by atoms with Gasteiger partial charge in [-0.25, -0.2) is 4.98 Å². The quantitative estimate of drug-likeness (QED) is 0.907. The van der Waals surface area contributed by atoms with Gasteiger partial charge in [0.15, 0.2) is 0 Å². The summed E-state index contributed by atoms with van der Waals surface area (Å²) >= 11 is 1.72. The van der Waals surface area contributed by atoms with Crippen molar-refractivity contribution in [3.8, 4) is 0 Å². The van der Waals surface area contributed by atoms with E-state index >= 15 is 0 Å². The Bertz CT molecular complexity index is 534. The molecule has 1 N–H and O–H groups in total. The molecule has 1 aromatic heterocycles. The average molecular weight is 288 g/mol. The van der Waals surface area contributed by atoms with Crippen LogP contribution in [0.25, 0.3) is 0 Å². The van der Waals surface area contributed by atoms with Crippen molar-refractivity contribution >= 4 is 11.3 Å². The van der Waals surface area contributed by atoms with Crippen molar-refractivity contribution in [2.75, 3.05) is 6.61 Å². The fourth-order valence-corrected chi connectivity index (χ4v) is 3.34. The van der Waals surface area contributed by atoms with Crippen LogP contribution in [-0.4, -0.2) is 11.6 Å². The number of aromatic nitrogens is 1. The molecule has 2 aromatic rings. The molecule has 0 aliphatic carbocycles. The molecule has 1 aromatic carbocycles. The Morgan fingerprint density at radius 3 is 3.00 bits per heavy atom. The number of ether oxygens (including phenoxy) is 1. The molecule has 1 saturated heterocycles. The van der Waals surface area contributed by atoms with E-state index in [4.69, 9.17) is 4.74 Å². The van der Waals surface area contributed by atoms with Gasteiger partial charge in [-0.2, -0.15) is 0 Å². The second kappa shape index (κ2) is 6.48. The SMILES string of the molecule is C[C@H](NCc1csc(C2CCCO2)n1)c1ccccc1. The number of nitrogens with one attached hydrogen (secondary N) is 1. The monoisotopic (exact) mass is 288 g/mol. The molecule has 0 bridgehead atoms. The predicted molar refractivity (Wildman–Crippen MR) is 81.7 cm³/mol. The van der Waals surface area contributed by atoms with Crippen molar-refractivity contribution in [1.82, 2.24) is 10.3 Å². The predicted octanol–water partition coefficient (Wildman–Crippen LogP) is 3.85. The summed E-state index contributed by atoms with van der Waals surface area (Å²) in [6.07, 6.45) is 2.50. The molecule has 20 heavy (non-hydrogen) atoms. The van der Waals surface area contributed by atoms with Gasteiger partial charge < -0.3 is 10.1 Å². The standard InChI is InChI=1S/C16H20N2OS/c1-12(13-6-3-2-4-7-13)17-10-14-11-20-16(18-14)15-8-5-9-19-15/h2-4,6-7,11-12,15,17H,5,8-10H2,1H3/t12-,15?/m0/s1. The lowest BCUT2D eigenvalue weighted by atomic mass is 10.1. The number of hydrogen-bond donors (Lipinski definition) is 1. The van der Waals surface area contributed by atoms with Crippen LogP contribution in [0.4, 0.5) is 0 Å². The lowest BCUT2D eigenvalue weighted by Gasteiger charge is -2.13. The van der Waals surface area contributed by atoms with Crippen molar-refractivity contribution in [2.24, 2.45) is 0 Å². The molecule has 0 amide bonds. The zero-order valence-electron chi connectivity index (χ0n) is 11.7. The van der Waals surface area contributed by atoms with E-state index in [1.807, 2.05) is 6.07 Å². The van der Waals surface area contributed by atoms with Gasteiger partial charge in [0.1, 0.15) is 11.1 Å². The summed E-state index contributed by atoms with van der Waals surface area (Å²) < 4.78 is 5.67. The van der Waals surface area contributed by atoms with E-state index in [2.05, 4.69) is 46.9 Å². The van der Waals surface area contributed by atoms with Crippen molar-refractivity contribution in [2.45, 2.75) is 38.5 Å². The maximum absolute atomic E-state index is 5.67. The Kier molecular flexibility index (Phi) is 4.45. The summed E-state index contributed by atoms with van der Waals surface area (Å²) in [5.74, 6) is 0. The molecule has 1 aliphatic rings. The number of benzene rings is 1. The normalized spacial score (nSPS) is 20.1. The molecule has 1 aliphatic heterocycles. The Morgan fingerprint density at radius 1 is 1.40 bits per heavy atom. The molecule has 3 nitrogen and oxygen atoms in total. The smallest absolute Gasteiger partial charge is 0.122 e. The maximum atomic E-state index is 5.67. The number of thiazole rings is 1. The van der Waals surface area contributed by atoms with Crippen molar-refractivity contribution in [3.05, 3.63) is 52.0 Å². The van der Waals surface area contributed by atoms with Crippen molar-refractivity contribution in [1.29, 1.82) is 0 Å². The highest BCUT2D eigenvalue weighted by Crippen LogP contribution is 2.30. The summed E-state index contributed by atoms with van der Waals surface area (Å²) in [4.78, 5) is 4.69. The molecule has 4 heteroatoms. The van der Waals surface area contributed by atoms with Gasteiger partial charge in [0.2, 0.25) is 0 Å². The second-order valence-corrected chi connectivity index (χ2v) is 6.08. The van der Waals surface area contributed by atoms with Crippen LogP contribution < -0.4 is 5.32 Å². The summed E-state index contributed by atoms with van der Waals surface area (Å²) in [6.45, 7) is 3.87. The fourth-order valence-electron chi connectivity index (χ4n) is 2.44. The highest BCUT2D eigenvalue weighted by Gasteiger charge is 2.20. The Morgan fingerprint density at radius 2 is 2.25 bits per heavy atom. The lowest BCUT2D eigenvalue weighted by Crippen LogP contribution is -2.18. The van der Waals surface area contributed by atoms with E-state index in [-0.39, 0.29) is 6.10 Å². The fraction of sp³-hybridized carbons (Fsp3) is 0.438. The molecular formula is C16H20N2OS. The molecule has 2 atom stereocenters. The number of hydrogen-bond acceptors (Lipinski definition) is 4. The minimum absolute atomic E-state index is 0.236. The van der Waals surface area contributed by atoms with Crippen molar-refractivity contribution in [3.63, 3.8) is 0 Å². The summed E-state index contributed by atoms with van der Waals surface area (Å²) in [5.41, 5.74) is 2.42. The largest absolute Gasteiger partial charge is 0.371 e. The zero-order chi connectivity index (χ0) is 13.8. The molecule has 0 saturated carbocycles. The van der Waals surface area contributed by atoms with Gasteiger partial charge in [-0.15, -0.1) is 11.3 Å². The summed E-state index contributed by atoms with van der Waals surface area (Å²) in [6, 6.07) is 10.8. The van der Waals surface area contributed by atoms with Gasteiger partial charge in [0.05, 0.1) is 5.69 Å². The van der Waals surface area contributed by atoms with Gasteiger partial charge in [-0.1, -0.05) is 30.3 Å². The van der Waals surface area contributed by atoms with Gasteiger partial charge in [0.25, 0.3) is 0 Å². The highest BCUT2D eigenvalue weighted by atomic mass is 32.1. The molecular weight excluding hydrogens is 268 g/mol. The third-order valence-corrected chi connectivity index (χ3v) is 4.65. The minimum atomic E-state index is 0.236. The zero-order valence-corrected chi connectivity index (χ0v) is 12.5. The molecule has 0 radical (unpaired) electrons. The van der Waals surface area contributed by atoms with Gasteiger partial charge in [-0.3, -0.25) is 0 Å². The lowest BCUT2D eigenvalue weighted by molar-refractivity contribution is 0.111. The maximum Gasteiger partial charge on any atom is 0.122 e. The van der Waals surface area contributed by atoms with E-state index < -0.39 is 0 Å². The molecule has 106 valence electrons. The Hall–Kier alpha value is -1.23. The van der Waals surface area contributed by atoms with E-state index in [9.17, 15) is 0 Å². The van der Waals surface area contributed by atoms with E-state index in [1.165, 1.54) is 5.56 Å². The molecule has 1 unspecified atom stereocenters. The minimum Gasteiger partial charge on any atom is -0.371 e. The first-order valence-electron chi connectivity index (χ1n) is 7.17. The van der Waals surface area contributed by atoms with Crippen molar-refractivity contribution < 1.29 is 4.74 Å². The van der Waals surface area contributed by atoms with E-state index in [0.29, 0.717) is 6.04 Å². The number of nitrogens with zero attached hydrogens (tertiary/aromatic N) is 1. The second-order valence-electron chi connectivity index (χ2n) is 5.19. The van der Waals surface area contributed by atoms with Crippen LogP contribution in [-0.2, 0) is 11.3 Å². The molecule has 2 heterocycles. The van der Waals surface area contributed by atoms with Crippen LogP contribution >= 0.6 is 11.3 Å². The summed E-state index contributed by atoms with van der Waals surface area (Å²) in [5, 5.41) is 6.79. The Labute approximate surface area is 124 Å². The van der Waals surface area contributed by atoms with Crippen LogP contribution in [0.3, 0.4) is 0 Å². The van der Waals surface area contributed by atoms with Gasteiger partial charge in [-0.05, 0) is 25.3 Å². The van der Waals surface area contributed by atoms with Crippen LogP contribution in [0.1, 0.15) is 48.2 Å². The van der Waals surface area contributed by atoms with Gasteiger partial charge >= 0.3 is 0 Å². The third kappa shape index (κ3) is 3.26. The molecule has 0 spiro atoms. The van der Waals surface area contributed by atoms with Crippen LogP contribution in [0, 0.1) is 0 Å². The van der Waals surface area contributed by atoms with Crippen LogP contribution in [0.2, 0.25) is 0 Å². The van der Waals surface area contributed by atoms with E-state index in [1.54, 1.807) is 11.3 Å². The van der Waals surface area contributed by atoms with Crippen LogP contribution in [0.15, 0.2) is 35.7 Å². The highest BCUT2D eigenvalue weighted by molar-refractivity contribution is 7.09. The first kappa shape index (κ1) is 13.7. The van der Waals surface area contributed by atoms with Gasteiger partial charge in [0, 0.05) is 24.6 Å². The number of rotatable bonds is 5. The molecule has 1 fully saturated rings. The van der Waals surface area contributed by atoms with Crippen LogP contribution in [0.5, 0.6) is 0 Å². The topological polar surface area (TPSA) is 34.1 Å². The summed E-state index contributed by atoms with van der Waals surface area (Å²) in [7, 11) is 0. The third-order valence-electron chi connectivity index (χ3n) is 3.66. The van der Waals surface area contributed by atoms with E-state index in [0.717, 1.165) is 36.7 Å². The Balaban J connectivity index is 1.56. The first-order valence-corrected chi connectivity index (χ1v) is 8.05. The average Bonchev–Trinajstić information content (AvgIpc) is 3.16. The first-order chi connectivity index (χ1) is 9.83.